The van der Waals surface area contributed by atoms with Crippen LogP contribution in [-0.2, 0) is 16.3 Å². The lowest BCUT2D eigenvalue weighted by Crippen LogP contribution is -2.51. The second kappa shape index (κ2) is 6.59. The second-order valence-corrected chi connectivity index (χ2v) is 6.49. The van der Waals surface area contributed by atoms with Gasteiger partial charge in [-0.3, -0.25) is 0 Å². The van der Waals surface area contributed by atoms with E-state index in [-0.39, 0.29) is 11.5 Å². The van der Waals surface area contributed by atoms with E-state index in [0.29, 0.717) is 12.5 Å². The highest BCUT2D eigenvalue weighted by atomic mass is 19.4. The number of nitrogens with two attached hydrogens (primary N) is 1. The average Bonchev–Trinajstić information content (AvgIpc) is 2.37. The van der Waals surface area contributed by atoms with Crippen molar-refractivity contribution in [3.63, 3.8) is 0 Å². The zero-order valence-corrected chi connectivity index (χ0v) is 13.1. The highest BCUT2D eigenvalue weighted by molar-refractivity contribution is 5.35. The van der Waals surface area contributed by atoms with E-state index in [9.17, 15) is 13.2 Å². The van der Waals surface area contributed by atoms with Crippen molar-refractivity contribution < 1.29 is 17.9 Å². The number of hydrogen-bond donors (Lipinski definition) is 1. The molecule has 1 saturated carbocycles. The molecule has 0 saturated heterocycles. The Morgan fingerprint density at radius 2 is 2.00 bits per heavy atom. The maximum atomic E-state index is 12.9. The maximum absolute atomic E-state index is 12.9. The molecule has 1 aliphatic rings. The summed E-state index contributed by atoms with van der Waals surface area (Å²) in [6.07, 6.45) is -0.828. The Morgan fingerprint density at radius 1 is 1.32 bits per heavy atom. The Labute approximate surface area is 129 Å². The first kappa shape index (κ1) is 17.3. The number of halogens is 3. The Kier molecular flexibility index (Phi) is 5.17. The van der Waals surface area contributed by atoms with E-state index in [4.69, 9.17) is 10.5 Å². The van der Waals surface area contributed by atoms with Gasteiger partial charge in [-0.25, -0.2) is 0 Å². The molecule has 2 nitrogen and oxygen atoms in total. The minimum Gasteiger partial charge on any atom is -0.384 e. The lowest BCUT2D eigenvalue weighted by atomic mass is 9.59. The predicted octanol–water partition coefficient (Wildman–Crippen LogP) is 4.13. The quantitative estimate of drug-likeness (QED) is 0.857. The monoisotopic (exact) mass is 315 g/mol. The van der Waals surface area contributed by atoms with Crippen molar-refractivity contribution in [2.45, 2.75) is 50.2 Å². The standard InChI is InChI=1S/C17H24F3NO/c1-12(11-22-2)9-15(21)16(7-4-8-16)13-5-3-6-14(10-13)17(18,19)20/h3,5-6,10,12,15H,4,7-9,11,21H2,1-2H3. The fraction of sp³-hybridized carbons (Fsp3) is 0.647. The molecule has 1 aromatic carbocycles. The fourth-order valence-corrected chi connectivity index (χ4v) is 3.45. The smallest absolute Gasteiger partial charge is 0.384 e. The Hall–Kier alpha value is -1.07. The molecule has 0 amide bonds. The third kappa shape index (κ3) is 3.46. The molecule has 0 heterocycles. The van der Waals surface area contributed by atoms with Crippen LogP contribution in [0.2, 0.25) is 0 Å². The molecule has 0 radical (unpaired) electrons. The highest BCUT2D eigenvalue weighted by Gasteiger charge is 2.45. The van der Waals surface area contributed by atoms with Crippen LogP contribution in [0.15, 0.2) is 24.3 Å². The van der Waals surface area contributed by atoms with E-state index < -0.39 is 11.7 Å². The molecule has 1 fully saturated rings. The number of alkyl halides is 3. The zero-order valence-electron chi connectivity index (χ0n) is 13.1. The van der Waals surface area contributed by atoms with Crippen LogP contribution in [0.5, 0.6) is 0 Å². The lowest BCUT2D eigenvalue weighted by molar-refractivity contribution is -0.137. The summed E-state index contributed by atoms with van der Waals surface area (Å²) < 4.78 is 44.0. The molecule has 0 spiro atoms. The lowest BCUT2D eigenvalue weighted by Gasteiger charge is -2.48. The van der Waals surface area contributed by atoms with E-state index in [1.807, 2.05) is 0 Å². The summed E-state index contributed by atoms with van der Waals surface area (Å²) in [5, 5.41) is 0. The zero-order chi connectivity index (χ0) is 16.4. The number of ether oxygens (including phenoxy) is 1. The van der Waals surface area contributed by atoms with Crippen molar-refractivity contribution >= 4 is 0 Å². The SMILES string of the molecule is COCC(C)CC(N)C1(c2cccc(C(F)(F)F)c2)CCC1. The largest absolute Gasteiger partial charge is 0.416 e. The van der Waals surface area contributed by atoms with Crippen LogP contribution in [0.25, 0.3) is 0 Å². The van der Waals surface area contributed by atoms with Gasteiger partial charge in [-0.2, -0.15) is 13.2 Å². The molecule has 0 bridgehead atoms. The summed E-state index contributed by atoms with van der Waals surface area (Å²) in [5.74, 6) is 0.295. The number of hydrogen-bond acceptors (Lipinski definition) is 2. The predicted molar refractivity (Wildman–Crippen MR) is 80.6 cm³/mol. The van der Waals surface area contributed by atoms with Crippen LogP contribution < -0.4 is 5.73 Å². The van der Waals surface area contributed by atoms with E-state index in [0.717, 1.165) is 37.3 Å². The number of benzene rings is 1. The van der Waals surface area contributed by atoms with Crippen molar-refractivity contribution in [3.05, 3.63) is 35.4 Å². The van der Waals surface area contributed by atoms with Crippen molar-refractivity contribution in [1.29, 1.82) is 0 Å². The topological polar surface area (TPSA) is 35.2 Å². The molecule has 0 aromatic heterocycles. The van der Waals surface area contributed by atoms with Crippen LogP contribution in [0.3, 0.4) is 0 Å². The van der Waals surface area contributed by atoms with Crippen LogP contribution >= 0.6 is 0 Å². The normalized spacial score (nSPS) is 20.3. The third-order valence-corrected chi connectivity index (χ3v) is 4.83. The van der Waals surface area contributed by atoms with Gasteiger partial charge < -0.3 is 10.5 Å². The van der Waals surface area contributed by atoms with Gasteiger partial charge in [0.25, 0.3) is 0 Å². The maximum Gasteiger partial charge on any atom is 0.416 e. The summed E-state index contributed by atoms with van der Waals surface area (Å²) in [6.45, 7) is 2.67. The molecule has 2 rings (SSSR count). The van der Waals surface area contributed by atoms with Crippen LogP contribution in [0.1, 0.15) is 43.7 Å². The first-order valence-corrected chi connectivity index (χ1v) is 7.72. The molecular weight excluding hydrogens is 291 g/mol. The summed E-state index contributed by atoms with van der Waals surface area (Å²) in [7, 11) is 1.65. The molecule has 22 heavy (non-hydrogen) atoms. The minimum atomic E-state index is -4.31. The molecule has 2 unspecified atom stereocenters. The van der Waals surface area contributed by atoms with Crippen molar-refractivity contribution in [1.82, 2.24) is 0 Å². The van der Waals surface area contributed by atoms with Gasteiger partial charge in [-0.05, 0) is 36.8 Å². The Morgan fingerprint density at radius 3 is 2.50 bits per heavy atom. The van der Waals surface area contributed by atoms with Crippen LogP contribution in [-0.4, -0.2) is 19.8 Å². The van der Waals surface area contributed by atoms with E-state index in [1.165, 1.54) is 12.1 Å². The molecule has 0 aliphatic heterocycles. The van der Waals surface area contributed by atoms with E-state index in [2.05, 4.69) is 6.92 Å². The van der Waals surface area contributed by atoms with Gasteiger partial charge in [0, 0.05) is 25.2 Å². The first-order chi connectivity index (χ1) is 10.3. The Bertz CT molecular complexity index is 497. The summed E-state index contributed by atoms with van der Waals surface area (Å²) in [4.78, 5) is 0. The average molecular weight is 315 g/mol. The molecular formula is C17H24F3NO. The van der Waals surface area contributed by atoms with Gasteiger partial charge in [0.05, 0.1) is 5.56 Å². The molecule has 124 valence electrons. The third-order valence-electron chi connectivity index (χ3n) is 4.83. The molecule has 5 heteroatoms. The number of methoxy groups -OCH3 is 1. The highest BCUT2D eigenvalue weighted by Crippen LogP contribution is 2.48. The van der Waals surface area contributed by atoms with Gasteiger partial charge in [-0.1, -0.05) is 31.5 Å². The molecule has 2 N–H and O–H groups in total. The summed E-state index contributed by atoms with van der Waals surface area (Å²) in [6, 6.07) is 5.53. The van der Waals surface area contributed by atoms with Gasteiger partial charge in [0.2, 0.25) is 0 Å². The van der Waals surface area contributed by atoms with Crippen LogP contribution in [0.4, 0.5) is 13.2 Å². The summed E-state index contributed by atoms with van der Waals surface area (Å²) in [5.41, 5.74) is 6.22. The van der Waals surface area contributed by atoms with E-state index >= 15 is 0 Å². The number of rotatable bonds is 6. The molecule has 1 aromatic rings. The Balaban J connectivity index is 2.23. The van der Waals surface area contributed by atoms with Gasteiger partial charge in [0.1, 0.15) is 0 Å². The first-order valence-electron chi connectivity index (χ1n) is 7.72. The van der Waals surface area contributed by atoms with Crippen molar-refractivity contribution in [2.75, 3.05) is 13.7 Å². The van der Waals surface area contributed by atoms with Crippen molar-refractivity contribution in [3.8, 4) is 0 Å². The van der Waals surface area contributed by atoms with Gasteiger partial charge >= 0.3 is 6.18 Å². The van der Waals surface area contributed by atoms with Crippen LogP contribution in [0, 0.1) is 5.92 Å². The fourth-order valence-electron chi connectivity index (χ4n) is 3.45. The van der Waals surface area contributed by atoms with E-state index in [1.54, 1.807) is 13.2 Å². The minimum absolute atomic E-state index is 0.144. The van der Waals surface area contributed by atoms with Gasteiger partial charge in [0.15, 0.2) is 0 Å². The van der Waals surface area contributed by atoms with Gasteiger partial charge in [-0.15, -0.1) is 0 Å². The van der Waals surface area contributed by atoms with Crippen molar-refractivity contribution in [2.24, 2.45) is 11.7 Å². The summed E-state index contributed by atoms with van der Waals surface area (Å²) >= 11 is 0. The second-order valence-electron chi connectivity index (χ2n) is 6.49. The molecule has 1 aliphatic carbocycles. The molecule has 2 atom stereocenters.